The Morgan fingerprint density at radius 2 is 1.71 bits per heavy atom. The monoisotopic (exact) mass is 283 g/mol. The first-order valence-electron chi connectivity index (χ1n) is 7.45. The number of hydrogen-bond donors (Lipinski definition) is 0. The summed E-state index contributed by atoms with van der Waals surface area (Å²) in [7, 11) is 0. The third kappa shape index (κ3) is 4.06. The summed E-state index contributed by atoms with van der Waals surface area (Å²) >= 11 is 0. The molecule has 21 heavy (non-hydrogen) atoms. The molecule has 3 heteroatoms. The number of para-hydroxylation sites is 1. The summed E-state index contributed by atoms with van der Waals surface area (Å²) in [4.78, 5) is 2.36. The van der Waals surface area contributed by atoms with Gasteiger partial charge in [-0.2, -0.15) is 0 Å². The van der Waals surface area contributed by atoms with Gasteiger partial charge < -0.3 is 14.4 Å². The van der Waals surface area contributed by atoms with E-state index in [0.29, 0.717) is 13.2 Å². The Kier molecular flexibility index (Phi) is 4.87. The average molecular weight is 283 g/mol. The van der Waals surface area contributed by atoms with E-state index >= 15 is 0 Å². The second-order valence-electron chi connectivity index (χ2n) is 5.28. The van der Waals surface area contributed by atoms with Crippen LogP contribution in [0.5, 0.6) is 0 Å². The summed E-state index contributed by atoms with van der Waals surface area (Å²) in [5.74, 6) is 0. The maximum Gasteiger partial charge on any atom is 0.0983 e. The number of nitrogens with zero attached hydrogens (tertiary/aromatic N) is 1. The van der Waals surface area contributed by atoms with Crippen LogP contribution in [0.4, 0.5) is 5.69 Å². The minimum atomic E-state index is 0.141. The molecular formula is C18H21NO2. The topological polar surface area (TPSA) is 21.7 Å². The molecule has 1 heterocycles. The van der Waals surface area contributed by atoms with Gasteiger partial charge in [-0.3, -0.25) is 0 Å². The molecular weight excluding hydrogens is 262 g/mol. The molecule has 1 atom stereocenters. The fourth-order valence-electron chi connectivity index (χ4n) is 2.58. The quantitative estimate of drug-likeness (QED) is 0.841. The van der Waals surface area contributed by atoms with E-state index < -0.39 is 0 Å². The zero-order valence-corrected chi connectivity index (χ0v) is 12.2. The van der Waals surface area contributed by atoms with Crippen LogP contribution in [0.1, 0.15) is 5.56 Å². The zero-order valence-electron chi connectivity index (χ0n) is 12.2. The lowest BCUT2D eigenvalue weighted by Crippen LogP contribution is -2.44. The molecule has 1 unspecified atom stereocenters. The van der Waals surface area contributed by atoms with Crippen molar-refractivity contribution in [1.82, 2.24) is 0 Å². The van der Waals surface area contributed by atoms with Gasteiger partial charge >= 0.3 is 0 Å². The van der Waals surface area contributed by atoms with Gasteiger partial charge in [-0.15, -0.1) is 0 Å². The molecule has 0 aliphatic carbocycles. The van der Waals surface area contributed by atoms with Crippen molar-refractivity contribution in [1.29, 1.82) is 0 Å². The first-order valence-corrected chi connectivity index (χ1v) is 7.45. The second kappa shape index (κ2) is 7.25. The van der Waals surface area contributed by atoms with Gasteiger partial charge in [0.1, 0.15) is 0 Å². The molecule has 1 aliphatic heterocycles. The van der Waals surface area contributed by atoms with Crippen LogP contribution in [0.3, 0.4) is 0 Å². The first kappa shape index (κ1) is 14.1. The number of morpholine rings is 1. The molecule has 0 spiro atoms. The number of anilines is 1. The summed E-state index contributed by atoms with van der Waals surface area (Å²) in [5, 5.41) is 0. The summed E-state index contributed by atoms with van der Waals surface area (Å²) in [6, 6.07) is 20.7. The number of rotatable bonds is 5. The van der Waals surface area contributed by atoms with E-state index in [1.807, 2.05) is 24.3 Å². The van der Waals surface area contributed by atoms with E-state index in [1.165, 1.54) is 11.3 Å². The third-order valence-electron chi connectivity index (χ3n) is 3.68. The summed E-state index contributed by atoms with van der Waals surface area (Å²) < 4.78 is 11.6. The van der Waals surface area contributed by atoms with Crippen molar-refractivity contribution >= 4 is 5.69 Å². The van der Waals surface area contributed by atoms with Crippen molar-refractivity contribution in [3.63, 3.8) is 0 Å². The van der Waals surface area contributed by atoms with Gasteiger partial charge in [-0.25, -0.2) is 0 Å². The summed E-state index contributed by atoms with van der Waals surface area (Å²) in [6.45, 7) is 3.87. The molecule has 0 saturated carbocycles. The average Bonchev–Trinajstić information content (AvgIpc) is 2.57. The minimum absolute atomic E-state index is 0.141. The van der Waals surface area contributed by atoms with Gasteiger partial charge in [0.05, 0.1) is 25.9 Å². The highest BCUT2D eigenvalue weighted by Gasteiger charge is 2.20. The normalized spacial score (nSPS) is 18.7. The Labute approximate surface area is 126 Å². The minimum Gasteiger partial charge on any atom is -0.374 e. The number of ether oxygens (including phenoxy) is 2. The maximum absolute atomic E-state index is 5.80. The van der Waals surface area contributed by atoms with Crippen molar-refractivity contribution in [2.24, 2.45) is 0 Å². The Balaban J connectivity index is 1.48. The first-order chi connectivity index (χ1) is 10.4. The fourth-order valence-corrected chi connectivity index (χ4v) is 2.58. The molecule has 3 rings (SSSR count). The highest BCUT2D eigenvalue weighted by atomic mass is 16.5. The Morgan fingerprint density at radius 3 is 2.48 bits per heavy atom. The van der Waals surface area contributed by atoms with E-state index in [1.54, 1.807) is 0 Å². The highest BCUT2D eigenvalue weighted by molar-refractivity contribution is 5.46. The molecule has 1 aliphatic rings. The Hall–Kier alpha value is -1.84. The molecule has 1 fully saturated rings. The van der Waals surface area contributed by atoms with Gasteiger partial charge in [-0.1, -0.05) is 48.5 Å². The van der Waals surface area contributed by atoms with Crippen LogP contribution in [0, 0.1) is 0 Å². The second-order valence-corrected chi connectivity index (χ2v) is 5.28. The maximum atomic E-state index is 5.80. The van der Waals surface area contributed by atoms with Gasteiger partial charge in [0.25, 0.3) is 0 Å². The fraction of sp³-hybridized carbons (Fsp3) is 0.333. The predicted molar refractivity (Wildman–Crippen MR) is 84.5 cm³/mol. The largest absolute Gasteiger partial charge is 0.374 e. The Morgan fingerprint density at radius 1 is 1.00 bits per heavy atom. The molecule has 2 aromatic carbocycles. The van der Waals surface area contributed by atoms with Crippen molar-refractivity contribution in [3.05, 3.63) is 66.2 Å². The molecule has 0 bridgehead atoms. The van der Waals surface area contributed by atoms with Crippen LogP contribution >= 0.6 is 0 Å². The number of hydrogen-bond acceptors (Lipinski definition) is 3. The van der Waals surface area contributed by atoms with Crippen LogP contribution in [0.2, 0.25) is 0 Å². The molecule has 1 saturated heterocycles. The molecule has 0 N–H and O–H groups in total. The lowest BCUT2D eigenvalue weighted by atomic mass is 10.2. The van der Waals surface area contributed by atoms with E-state index in [0.717, 1.165) is 19.7 Å². The van der Waals surface area contributed by atoms with Crippen LogP contribution in [0.25, 0.3) is 0 Å². The standard InChI is InChI=1S/C18H21NO2/c1-3-7-16(8-4-1)14-20-15-18-13-19(11-12-21-18)17-9-5-2-6-10-17/h1-10,18H,11-15H2. The predicted octanol–water partition coefficient (Wildman–Crippen LogP) is 3.11. The van der Waals surface area contributed by atoms with Crippen molar-refractivity contribution in [2.75, 3.05) is 31.2 Å². The lowest BCUT2D eigenvalue weighted by molar-refractivity contribution is -0.0283. The summed E-state index contributed by atoms with van der Waals surface area (Å²) in [6.07, 6.45) is 0.141. The molecule has 110 valence electrons. The van der Waals surface area contributed by atoms with Gasteiger partial charge in [0.2, 0.25) is 0 Å². The van der Waals surface area contributed by atoms with Crippen molar-refractivity contribution < 1.29 is 9.47 Å². The van der Waals surface area contributed by atoms with Crippen molar-refractivity contribution in [3.8, 4) is 0 Å². The summed E-state index contributed by atoms with van der Waals surface area (Å²) in [5.41, 5.74) is 2.46. The van der Waals surface area contributed by atoms with Crippen LogP contribution in [-0.2, 0) is 16.1 Å². The van der Waals surface area contributed by atoms with E-state index in [2.05, 4.69) is 41.3 Å². The van der Waals surface area contributed by atoms with Gasteiger partial charge in [0, 0.05) is 18.8 Å². The SMILES string of the molecule is c1ccc(COCC2CN(c3ccccc3)CCO2)cc1. The van der Waals surface area contributed by atoms with E-state index in [9.17, 15) is 0 Å². The lowest BCUT2D eigenvalue weighted by Gasteiger charge is -2.34. The Bertz CT molecular complexity index is 529. The van der Waals surface area contributed by atoms with Gasteiger partial charge in [0.15, 0.2) is 0 Å². The van der Waals surface area contributed by atoms with Gasteiger partial charge in [-0.05, 0) is 17.7 Å². The number of benzene rings is 2. The van der Waals surface area contributed by atoms with E-state index in [4.69, 9.17) is 9.47 Å². The third-order valence-corrected chi connectivity index (χ3v) is 3.68. The zero-order chi connectivity index (χ0) is 14.3. The van der Waals surface area contributed by atoms with Crippen molar-refractivity contribution in [2.45, 2.75) is 12.7 Å². The highest BCUT2D eigenvalue weighted by Crippen LogP contribution is 2.17. The smallest absolute Gasteiger partial charge is 0.0983 e. The molecule has 0 aromatic heterocycles. The van der Waals surface area contributed by atoms with E-state index in [-0.39, 0.29) is 6.10 Å². The molecule has 2 aromatic rings. The molecule has 0 radical (unpaired) electrons. The van der Waals surface area contributed by atoms with Crippen LogP contribution in [0.15, 0.2) is 60.7 Å². The molecule has 3 nitrogen and oxygen atoms in total. The van der Waals surface area contributed by atoms with Crippen LogP contribution < -0.4 is 4.90 Å². The molecule has 0 amide bonds. The van der Waals surface area contributed by atoms with Crippen LogP contribution in [-0.4, -0.2) is 32.4 Å².